The van der Waals surface area contributed by atoms with Crippen LogP contribution in [-0.4, -0.2) is 4.87 Å². The average Bonchev–Trinajstić information content (AvgIpc) is 1.88. The molecule has 0 aromatic heterocycles. The molecule has 1 rings (SSSR count). The summed E-state index contributed by atoms with van der Waals surface area (Å²) in [5.41, 5.74) is 0. The highest BCUT2D eigenvalue weighted by molar-refractivity contribution is 14.1. The van der Waals surface area contributed by atoms with Crippen LogP contribution in [0.15, 0.2) is 21.8 Å². The minimum Gasteiger partial charge on any atom is -0.114 e. The quantitative estimate of drug-likeness (QED) is 0.503. The van der Waals surface area contributed by atoms with Gasteiger partial charge in [-0.05, 0) is 32.6 Å². The van der Waals surface area contributed by atoms with Crippen molar-refractivity contribution in [2.45, 2.75) is 24.6 Å². The molecule has 0 amide bonds. The van der Waals surface area contributed by atoms with Crippen LogP contribution in [0.1, 0.15) is 19.8 Å². The predicted molar refractivity (Wildman–Crippen MR) is 54.7 cm³/mol. The Labute approximate surface area is 80.5 Å². The molecule has 1 aliphatic rings. The summed E-state index contributed by atoms with van der Waals surface area (Å²) in [5.74, 6) is 0. The smallest absolute Gasteiger partial charge is 0.0671 e. The molecule has 0 bridgehead atoms. The molecule has 0 saturated heterocycles. The van der Waals surface area contributed by atoms with Crippen LogP contribution in [0.5, 0.6) is 0 Å². The Morgan fingerprint density at radius 1 is 1.80 bits per heavy atom. The van der Waals surface area contributed by atoms with Crippen LogP contribution in [0.3, 0.4) is 0 Å². The zero-order valence-electron chi connectivity index (χ0n) is 5.90. The van der Waals surface area contributed by atoms with Gasteiger partial charge in [-0.1, -0.05) is 25.2 Å². The first-order valence-corrected chi connectivity index (χ1v) is 4.85. The molecule has 0 spiro atoms. The van der Waals surface area contributed by atoms with E-state index in [0.29, 0.717) is 0 Å². The van der Waals surface area contributed by atoms with E-state index in [1.165, 1.54) is 3.58 Å². The van der Waals surface area contributed by atoms with Gasteiger partial charge in [0.2, 0.25) is 0 Å². The van der Waals surface area contributed by atoms with Crippen LogP contribution >= 0.6 is 34.2 Å². The molecule has 2 heteroatoms. The maximum Gasteiger partial charge on any atom is 0.0671 e. The highest BCUT2D eigenvalue weighted by Crippen LogP contribution is 2.34. The number of halogens is 2. The Morgan fingerprint density at radius 3 is 2.90 bits per heavy atom. The second-order valence-electron chi connectivity index (χ2n) is 2.54. The van der Waals surface area contributed by atoms with Crippen molar-refractivity contribution in [3.05, 3.63) is 21.8 Å². The monoisotopic (exact) mass is 268 g/mol. The molecule has 0 aliphatic heterocycles. The summed E-state index contributed by atoms with van der Waals surface area (Å²) in [5, 5.41) is 0. The summed E-state index contributed by atoms with van der Waals surface area (Å²) in [6.45, 7) is 2.12. The van der Waals surface area contributed by atoms with Gasteiger partial charge in [0, 0.05) is 6.42 Å². The lowest BCUT2D eigenvalue weighted by molar-refractivity contribution is 0.673. The number of rotatable bonds is 1. The Balaban J connectivity index is 2.71. The maximum absolute atomic E-state index is 6.22. The Bertz CT molecular complexity index is 184. The van der Waals surface area contributed by atoms with Crippen molar-refractivity contribution >= 4 is 34.2 Å². The first-order chi connectivity index (χ1) is 4.66. The standard InChI is InChI=1S/C8H10ClI/c1-2-8(9)5-3-4-7(10)6-8/h3-5H,2,6H2,1H3. The summed E-state index contributed by atoms with van der Waals surface area (Å²) in [6, 6.07) is 0. The second kappa shape index (κ2) is 3.26. The molecule has 0 fully saturated rings. The molecule has 0 aromatic rings. The molecule has 0 N–H and O–H groups in total. The van der Waals surface area contributed by atoms with E-state index in [9.17, 15) is 0 Å². The minimum atomic E-state index is -0.0920. The van der Waals surface area contributed by atoms with E-state index >= 15 is 0 Å². The van der Waals surface area contributed by atoms with Gasteiger partial charge in [-0.3, -0.25) is 0 Å². The molecule has 1 unspecified atom stereocenters. The third-order valence-electron chi connectivity index (χ3n) is 1.72. The topological polar surface area (TPSA) is 0 Å². The van der Waals surface area contributed by atoms with E-state index in [-0.39, 0.29) is 4.87 Å². The van der Waals surface area contributed by atoms with Gasteiger partial charge in [0.15, 0.2) is 0 Å². The van der Waals surface area contributed by atoms with Crippen molar-refractivity contribution in [2.75, 3.05) is 0 Å². The van der Waals surface area contributed by atoms with Crippen LogP contribution in [0.2, 0.25) is 0 Å². The first kappa shape index (κ1) is 8.60. The zero-order valence-corrected chi connectivity index (χ0v) is 8.82. The van der Waals surface area contributed by atoms with Gasteiger partial charge in [0.1, 0.15) is 0 Å². The van der Waals surface area contributed by atoms with E-state index in [1.54, 1.807) is 0 Å². The summed E-state index contributed by atoms with van der Waals surface area (Å²) in [6.07, 6.45) is 8.23. The molecular formula is C8H10ClI. The molecule has 0 nitrogen and oxygen atoms in total. The highest BCUT2D eigenvalue weighted by atomic mass is 127. The van der Waals surface area contributed by atoms with E-state index < -0.39 is 0 Å². The molecule has 56 valence electrons. The van der Waals surface area contributed by atoms with Crippen molar-refractivity contribution in [2.24, 2.45) is 0 Å². The van der Waals surface area contributed by atoms with E-state index in [0.717, 1.165) is 12.8 Å². The highest BCUT2D eigenvalue weighted by Gasteiger charge is 2.23. The lowest BCUT2D eigenvalue weighted by Crippen LogP contribution is -2.18. The fourth-order valence-electron chi connectivity index (χ4n) is 0.966. The molecule has 0 radical (unpaired) electrons. The van der Waals surface area contributed by atoms with Gasteiger partial charge in [-0.2, -0.15) is 0 Å². The van der Waals surface area contributed by atoms with Crippen LogP contribution in [0.4, 0.5) is 0 Å². The SMILES string of the molecule is CCC1(Cl)C=CC=C(I)C1. The van der Waals surface area contributed by atoms with Gasteiger partial charge in [0.05, 0.1) is 4.87 Å². The average molecular weight is 269 g/mol. The van der Waals surface area contributed by atoms with Crippen molar-refractivity contribution < 1.29 is 0 Å². The molecule has 10 heavy (non-hydrogen) atoms. The van der Waals surface area contributed by atoms with E-state index in [2.05, 4.69) is 41.7 Å². The van der Waals surface area contributed by atoms with Crippen LogP contribution in [0.25, 0.3) is 0 Å². The van der Waals surface area contributed by atoms with E-state index in [4.69, 9.17) is 11.6 Å². The van der Waals surface area contributed by atoms with Gasteiger partial charge in [-0.15, -0.1) is 11.6 Å². The van der Waals surface area contributed by atoms with Crippen LogP contribution in [-0.2, 0) is 0 Å². The fourth-order valence-corrected chi connectivity index (χ4v) is 2.30. The first-order valence-electron chi connectivity index (χ1n) is 3.39. The largest absolute Gasteiger partial charge is 0.114 e. The molecule has 1 aliphatic carbocycles. The maximum atomic E-state index is 6.22. The van der Waals surface area contributed by atoms with Crippen molar-refractivity contribution in [1.82, 2.24) is 0 Å². The number of hydrogen-bond acceptors (Lipinski definition) is 0. The third kappa shape index (κ3) is 1.99. The Morgan fingerprint density at radius 2 is 2.50 bits per heavy atom. The molecule has 0 heterocycles. The fraction of sp³-hybridized carbons (Fsp3) is 0.500. The van der Waals surface area contributed by atoms with Gasteiger partial charge in [-0.25, -0.2) is 0 Å². The summed E-state index contributed by atoms with van der Waals surface area (Å²) < 4.78 is 1.34. The van der Waals surface area contributed by atoms with Crippen molar-refractivity contribution in [3.8, 4) is 0 Å². The summed E-state index contributed by atoms with van der Waals surface area (Å²) >= 11 is 8.55. The predicted octanol–water partition coefficient (Wildman–Crippen LogP) is 3.65. The van der Waals surface area contributed by atoms with Gasteiger partial charge < -0.3 is 0 Å². The second-order valence-corrected chi connectivity index (χ2v) is 4.68. The van der Waals surface area contributed by atoms with Crippen molar-refractivity contribution in [3.63, 3.8) is 0 Å². The molecule has 1 atom stereocenters. The lowest BCUT2D eigenvalue weighted by atomic mass is 9.97. The normalized spacial score (nSPS) is 32.1. The Hall–Kier alpha value is 0.500. The number of allylic oxidation sites excluding steroid dienone is 4. The zero-order chi connectivity index (χ0) is 7.61. The summed E-state index contributed by atoms with van der Waals surface area (Å²) in [4.78, 5) is -0.0920. The molecule has 0 saturated carbocycles. The molecule has 0 aromatic carbocycles. The Kier molecular flexibility index (Phi) is 2.81. The lowest BCUT2D eigenvalue weighted by Gasteiger charge is -2.23. The van der Waals surface area contributed by atoms with Crippen molar-refractivity contribution in [1.29, 1.82) is 0 Å². The van der Waals surface area contributed by atoms with Crippen LogP contribution in [0, 0.1) is 0 Å². The van der Waals surface area contributed by atoms with Crippen LogP contribution < -0.4 is 0 Å². The van der Waals surface area contributed by atoms with Gasteiger partial charge in [0.25, 0.3) is 0 Å². The molecular weight excluding hydrogens is 258 g/mol. The van der Waals surface area contributed by atoms with E-state index in [1.807, 2.05) is 6.08 Å². The third-order valence-corrected chi connectivity index (χ3v) is 2.99. The number of hydrogen-bond donors (Lipinski definition) is 0. The number of alkyl halides is 1. The summed E-state index contributed by atoms with van der Waals surface area (Å²) in [7, 11) is 0. The minimum absolute atomic E-state index is 0.0920. The van der Waals surface area contributed by atoms with Gasteiger partial charge >= 0.3 is 0 Å².